The van der Waals surface area contributed by atoms with Gasteiger partial charge in [-0.05, 0) is 38.0 Å². The summed E-state index contributed by atoms with van der Waals surface area (Å²) in [5, 5.41) is -0.0437. The van der Waals surface area contributed by atoms with Gasteiger partial charge in [0, 0.05) is 6.54 Å². The van der Waals surface area contributed by atoms with Gasteiger partial charge in [0.1, 0.15) is 5.82 Å². The minimum atomic E-state index is -0.0437. The summed E-state index contributed by atoms with van der Waals surface area (Å²) < 4.78 is 2.31. The second-order valence-corrected chi connectivity index (χ2v) is 6.65. The smallest absolute Gasteiger partial charge is 0.127 e. The fourth-order valence-corrected chi connectivity index (χ4v) is 3.01. The molecule has 0 fully saturated rings. The lowest BCUT2D eigenvalue weighted by molar-refractivity contribution is 0.553. The third-order valence-electron chi connectivity index (χ3n) is 4.02. The Hall–Kier alpha value is -1.02. The minimum absolute atomic E-state index is 0.0437. The first-order valence-electron chi connectivity index (χ1n) is 8.24. The van der Waals surface area contributed by atoms with Crippen molar-refractivity contribution < 1.29 is 0 Å². The summed E-state index contributed by atoms with van der Waals surface area (Å²) in [7, 11) is 0. The van der Waals surface area contributed by atoms with E-state index in [4.69, 9.17) is 16.6 Å². The predicted molar refractivity (Wildman–Crippen MR) is 92.1 cm³/mol. The number of unbranched alkanes of at least 4 members (excludes halogenated alkanes) is 5. The zero-order valence-corrected chi connectivity index (χ0v) is 14.3. The molecule has 116 valence electrons. The van der Waals surface area contributed by atoms with Gasteiger partial charge in [-0.15, -0.1) is 11.6 Å². The fraction of sp³-hybridized carbons (Fsp3) is 0.611. The van der Waals surface area contributed by atoms with E-state index >= 15 is 0 Å². The molecule has 0 spiro atoms. The van der Waals surface area contributed by atoms with Crippen LogP contribution in [0.1, 0.15) is 69.1 Å². The van der Waals surface area contributed by atoms with Crippen LogP contribution in [0.3, 0.4) is 0 Å². The second-order valence-electron chi connectivity index (χ2n) is 6.00. The van der Waals surface area contributed by atoms with Crippen LogP contribution in [-0.4, -0.2) is 9.55 Å². The van der Waals surface area contributed by atoms with E-state index in [0.29, 0.717) is 0 Å². The van der Waals surface area contributed by atoms with Crippen LogP contribution in [0.25, 0.3) is 11.0 Å². The third-order valence-corrected chi connectivity index (χ3v) is 4.22. The van der Waals surface area contributed by atoms with Gasteiger partial charge < -0.3 is 4.57 Å². The average Bonchev–Trinajstić information content (AvgIpc) is 2.80. The Morgan fingerprint density at radius 2 is 1.86 bits per heavy atom. The lowest BCUT2D eigenvalue weighted by Gasteiger charge is -2.10. The molecule has 2 aromatic rings. The molecule has 1 aromatic heterocycles. The van der Waals surface area contributed by atoms with Gasteiger partial charge in [0.05, 0.1) is 16.4 Å². The highest BCUT2D eigenvalue weighted by Gasteiger charge is 2.14. The Kier molecular flexibility index (Phi) is 6.10. The van der Waals surface area contributed by atoms with Gasteiger partial charge >= 0.3 is 0 Å². The Bertz CT molecular complexity index is 572. The number of benzene rings is 1. The van der Waals surface area contributed by atoms with Crippen molar-refractivity contribution in [3.8, 4) is 0 Å². The molecule has 21 heavy (non-hydrogen) atoms. The van der Waals surface area contributed by atoms with Gasteiger partial charge in [-0.2, -0.15) is 0 Å². The molecule has 2 rings (SSSR count). The van der Waals surface area contributed by atoms with E-state index in [0.717, 1.165) is 17.9 Å². The van der Waals surface area contributed by atoms with E-state index in [1.807, 2.05) is 6.92 Å². The van der Waals surface area contributed by atoms with Crippen LogP contribution >= 0.6 is 11.6 Å². The molecule has 0 radical (unpaired) electrons. The topological polar surface area (TPSA) is 17.8 Å². The molecule has 0 aliphatic heterocycles. The molecule has 0 aliphatic carbocycles. The lowest BCUT2D eigenvalue weighted by Crippen LogP contribution is -2.04. The van der Waals surface area contributed by atoms with Gasteiger partial charge in [0.2, 0.25) is 0 Å². The molecule has 0 N–H and O–H groups in total. The van der Waals surface area contributed by atoms with Crippen molar-refractivity contribution >= 4 is 22.6 Å². The van der Waals surface area contributed by atoms with E-state index in [1.165, 1.54) is 49.6 Å². The highest BCUT2D eigenvalue weighted by molar-refractivity contribution is 6.20. The number of alkyl halides is 1. The van der Waals surface area contributed by atoms with Crippen LogP contribution in [0.4, 0.5) is 0 Å². The fourth-order valence-electron chi connectivity index (χ4n) is 2.85. The molecule has 1 atom stereocenters. The summed E-state index contributed by atoms with van der Waals surface area (Å²) in [5.41, 5.74) is 3.54. The summed E-state index contributed by atoms with van der Waals surface area (Å²) in [4.78, 5) is 4.73. The molecular formula is C18H27ClN2. The summed E-state index contributed by atoms with van der Waals surface area (Å²) >= 11 is 6.32. The SMILES string of the molecule is CCCCCCCCn1c(C(C)Cl)nc2cc(C)ccc21. The number of nitrogens with zero attached hydrogens (tertiary/aromatic N) is 2. The molecule has 0 bridgehead atoms. The highest BCUT2D eigenvalue weighted by atomic mass is 35.5. The molecule has 0 amide bonds. The zero-order valence-electron chi connectivity index (χ0n) is 13.5. The lowest BCUT2D eigenvalue weighted by atomic mass is 10.1. The van der Waals surface area contributed by atoms with Crippen molar-refractivity contribution in [3.63, 3.8) is 0 Å². The first kappa shape index (κ1) is 16.4. The summed E-state index contributed by atoms with van der Waals surface area (Å²) in [6.07, 6.45) is 7.86. The first-order valence-corrected chi connectivity index (χ1v) is 8.68. The molecular weight excluding hydrogens is 280 g/mol. The summed E-state index contributed by atoms with van der Waals surface area (Å²) in [6.45, 7) is 7.40. The van der Waals surface area contributed by atoms with Crippen molar-refractivity contribution in [2.75, 3.05) is 0 Å². The van der Waals surface area contributed by atoms with Crippen LogP contribution in [0, 0.1) is 6.92 Å². The molecule has 0 saturated carbocycles. The van der Waals surface area contributed by atoms with Crippen LogP contribution in [0.5, 0.6) is 0 Å². The Morgan fingerprint density at radius 1 is 1.14 bits per heavy atom. The standard InChI is InChI=1S/C18H27ClN2/c1-4-5-6-7-8-9-12-21-17-11-10-14(2)13-16(17)20-18(21)15(3)19/h10-11,13,15H,4-9,12H2,1-3H3. The van der Waals surface area contributed by atoms with Gasteiger partial charge in [0.25, 0.3) is 0 Å². The molecule has 1 aromatic carbocycles. The monoisotopic (exact) mass is 306 g/mol. The average molecular weight is 307 g/mol. The largest absolute Gasteiger partial charge is 0.327 e. The third kappa shape index (κ3) is 4.23. The van der Waals surface area contributed by atoms with Crippen molar-refractivity contribution in [1.82, 2.24) is 9.55 Å². The Morgan fingerprint density at radius 3 is 2.57 bits per heavy atom. The van der Waals surface area contributed by atoms with E-state index in [9.17, 15) is 0 Å². The van der Waals surface area contributed by atoms with Gasteiger partial charge in [-0.3, -0.25) is 0 Å². The highest BCUT2D eigenvalue weighted by Crippen LogP contribution is 2.26. The maximum absolute atomic E-state index is 6.32. The van der Waals surface area contributed by atoms with Gasteiger partial charge in [0.15, 0.2) is 0 Å². The Balaban J connectivity index is 2.08. The van der Waals surface area contributed by atoms with Crippen LogP contribution in [0.2, 0.25) is 0 Å². The normalized spacial score (nSPS) is 13.0. The van der Waals surface area contributed by atoms with Crippen molar-refractivity contribution in [2.45, 2.75) is 71.2 Å². The Labute approximate surface area is 133 Å². The zero-order chi connectivity index (χ0) is 15.2. The van der Waals surface area contributed by atoms with E-state index in [-0.39, 0.29) is 5.38 Å². The quantitative estimate of drug-likeness (QED) is 0.431. The summed E-state index contributed by atoms with van der Waals surface area (Å²) in [5.74, 6) is 1.01. The van der Waals surface area contributed by atoms with E-state index in [1.54, 1.807) is 0 Å². The molecule has 2 nitrogen and oxygen atoms in total. The maximum atomic E-state index is 6.32. The minimum Gasteiger partial charge on any atom is -0.327 e. The number of fused-ring (bicyclic) bond motifs is 1. The molecule has 0 saturated heterocycles. The van der Waals surface area contributed by atoms with Crippen LogP contribution < -0.4 is 0 Å². The number of aromatic nitrogens is 2. The van der Waals surface area contributed by atoms with Crippen molar-refractivity contribution in [1.29, 1.82) is 0 Å². The molecule has 1 unspecified atom stereocenters. The van der Waals surface area contributed by atoms with Crippen LogP contribution in [0.15, 0.2) is 18.2 Å². The molecule has 1 heterocycles. The number of halogens is 1. The number of imidazole rings is 1. The van der Waals surface area contributed by atoms with E-state index < -0.39 is 0 Å². The second kappa shape index (κ2) is 7.84. The van der Waals surface area contributed by atoms with E-state index in [2.05, 4.69) is 36.6 Å². The first-order chi connectivity index (χ1) is 10.1. The molecule has 3 heteroatoms. The predicted octanol–water partition coefficient (Wildman–Crippen LogP) is 6.01. The number of rotatable bonds is 8. The van der Waals surface area contributed by atoms with Crippen molar-refractivity contribution in [2.24, 2.45) is 0 Å². The van der Waals surface area contributed by atoms with Crippen LogP contribution in [-0.2, 0) is 6.54 Å². The number of hydrogen-bond acceptors (Lipinski definition) is 1. The van der Waals surface area contributed by atoms with Gasteiger partial charge in [-0.25, -0.2) is 4.98 Å². The summed E-state index contributed by atoms with van der Waals surface area (Å²) in [6, 6.07) is 6.48. The van der Waals surface area contributed by atoms with Crippen molar-refractivity contribution in [3.05, 3.63) is 29.6 Å². The maximum Gasteiger partial charge on any atom is 0.127 e. The van der Waals surface area contributed by atoms with Gasteiger partial charge in [-0.1, -0.05) is 45.1 Å². The number of aryl methyl sites for hydroxylation is 2. The number of hydrogen-bond donors (Lipinski definition) is 0. The molecule has 0 aliphatic rings.